The van der Waals surface area contributed by atoms with Gasteiger partial charge in [0.25, 0.3) is 5.56 Å². The second-order valence-corrected chi connectivity index (χ2v) is 6.50. The SMILES string of the molecule is CCOc1cc(C2CC(=O)Nc3c2c(C)nn3-c2ccc(=O)[nH]n2)ccc1O. The van der Waals surface area contributed by atoms with Crippen molar-refractivity contribution in [2.75, 3.05) is 11.9 Å². The molecule has 0 fully saturated rings. The average molecular weight is 381 g/mol. The summed E-state index contributed by atoms with van der Waals surface area (Å²) < 4.78 is 6.99. The van der Waals surface area contributed by atoms with Crippen molar-refractivity contribution in [3.05, 3.63) is 57.5 Å². The van der Waals surface area contributed by atoms with Crippen LogP contribution in [0.3, 0.4) is 0 Å². The number of benzene rings is 1. The molecule has 3 N–H and O–H groups in total. The highest BCUT2D eigenvalue weighted by molar-refractivity contribution is 5.95. The molecule has 0 saturated carbocycles. The van der Waals surface area contributed by atoms with E-state index in [1.807, 2.05) is 13.8 Å². The van der Waals surface area contributed by atoms with Gasteiger partial charge in [-0.3, -0.25) is 9.59 Å². The predicted molar refractivity (Wildman–Crippen MR) is 101 cm³/mol. The van der Waals surface area contributed by atoms with E-state index in [0.717, 1.165) is 16.8 Å². The fourth-order valence-corrected chi connectivity index (χ4v) is 3.47. The molecular weight excluding hydrogens is 362 g/mol. The minimum absolute atomic E-state index is 0.0518. The number of fused-ring (bicyclic) bond motifs is 1. The molecule has 2 aromatic heterocycles. The molecule has 28 heavy (non-hydrogen) atoms. The number of aromatic hydroxyl groups is 1. The van der Waals surface area contributed by atoms with E-state index < -0.39 is 0 Å². The Kier molecular flexibility index (Phi) is 4.34. The lowest BCUT2D eigenvalue weighted by Gasteiger charge is -2.24. The number of aryl methyl sites for hydroxylation is 1. The molecule has 0 saturated heterocycles. The van der Waals surface area contributed by atoms with E-state index in [-0.39, 0.29) is 29.6 Å². The first kappa shape index (κ1) is 17.8. The lowest BCUT2D eigenvalue weighted by Crippen LogP contribution is -2.25. The fraction of sp³-hybridized carbons (Fsp3) is 0.263. The molecule has 1 amide bonds. The van der Waals surface area contributed by atoms with Gasteiger partial charge in [-0.1, -0.05) is 6.07 Å². The van der Waals surface area contributed by atoms with Gasteiger partial charge in [-0.05, 0) is 37.6 Å². The van der Waals surface area contributed by atoms with Crippen LogP contribution < -0.4 is 15.6 Å². The highest BCUT2D eigenvalue weighted by atomic mass is 16.5. The maximum Gasteiger partial charge on any atom is 0.264 e. The van der Waals surface area contributed by atoms with Crippen LogP contribution in [0.4, 0.5) is 5.82 Å². The van der Waals surface area contributed by atoms with Gasteiger partial charge in [-0.2, -0.15) is 14.9 Å². The summed E-state index contributed by atoms with van der Waals surface area (Å²) in [6.45, 7) is 4.11. The first-order chi connectivity index (χ1) is 13.5. The molecule has 0 radical (unpaired) electrons. The van der Waals surface area contributed by atoms with Gasteiger partial charge in [0.05, 0.1) is 12.3 Å². The van der Waals surface area contributed by atoms with Gasteiger partial charge >= 0.3 is 0 Å². The number of ether oxygens (including phenoxy) is 1. The molecule has 9 heteroatoms. The van der Waals surface area contributed by atoms with E-state index in [2.05, 4.69) is 20.6 Å². The molecular formula is C19H19N5O4. The third-order valence-corrected chi connectivity index (χ3v) is 4.67. The number of anilines is 1. The predicted octanol–water partition coefficient (Wildman–Crippen LogP) is 1.84. The summed E-state index contributed by atoms with van der Waals surface area (Å²) in [6.07, 6.45) is 0.245. The molecule has 1 aliphatic heterocycles. The molecule has 1 aromatic carbocycles. The van der Waals surface area contributed by atoms with Crippen molar-refractivity contribution in [2.24, 2.45) is 0 Å². The minimum Gasteiger partial charge on any atom is -0.504 e. The summed E-state index contributed by atoms with van der Waals surface area (Å²) in [5.41, 5.74) is 2.12. The molecule has 0 bridgehead atoms. The topological polar surface area (TPSA) is 122 Å². The number of amides is 1. The summed E-state index contributed by atoms with van der Waals surface area (Å²) in [5, 5.41) is 23.7. The minimum atomic E-state index is -0.323. The Balaban J connectivity index is 1.84. The third kappa shape index (κ3) is 3.00. The number of nitrogens with one attached hydrogen (secondary N) is 2. The number of rotatable bonds is 4. The summed E-state index contributed by atoms with van der Waals surface area (Å²) in [5.74, 6) is 0.931. The number of hydrogen-bond acceptors (Lipinski definition) is 6. The van der Waals surface area contributed by atoms with Crippen LogP contribution >= 0.6 is 0 Å². The molecule has 3 heterocycles. The van der Waals surface area contributed by atoms with E-state index >= 15 is 0 Å². The van der Waals surface area contributed by atoms with Crippen LogP contribution in [0.1, 0.15) is 36.1 Å². The number of phenolic OH excluding ortho intramolecular Hbond substituents is 1. The first-order valence-electron chi connectivity index (χ1n) is 8.89. The van der Waals surface area contributed by atoms with Crippen LogP contribution in [-0.2, 0) is 4.79 Å². The Morgan fingerprint density at radius 2 is 2.11 bits per heavy atom. The van der Waals surface area contributed by atoms with Crippen molar-refractivity contribution in [3.63, 3.8) is 0 Å². The number of carbonyl (C=O) groups excluding carboxylic acids is 1. The van der Waals surface area contributed by atoms with Crippen molar-refractivity contribution in [1.29, 1.82) is 0 Å². The second kappa shape index (κ2) is 6.84. The molecule has 1 atom stereocenters. The Bertz CT molecular complexity index is 1100. The second-order valence-electron chi connectivity index (χ2n) is 6.50. The molecule has 9 nitrogen and oxygen atoms in total. The maximum absolute atomic E-state index is 12.4. The fourth-order valence-electron chi connectivity index (χ4n) is 3.47. The Morgan fingerprint density at radius 3 is 2.82 bits per heavy atom. The number of aromatic amines is 1. The molecule has 0 aliphatic carbocycles. The van der Waals surface area contributed by atoms with Crippen LogP contribution in [0.15, 0.2) is 35.1 Å². The van der Waals surface area contributed by atoms with Crippen molar-refractivity contribution in [3.8, 4) is 17.3 Å². The van der Waals surface area contributed by atoms with Crippen LogP contribution in [0.25, 0.3) is 5.82 Å². The van der Waals surface area contributed by atoms with E-state index in [9.17, 15) is 14.7 Å². The monoisotopic (exact) mass is 381 g/mol. The number of H-pyrrole nitrogens is 1. The smallest absolute Gasteiger partial charge is 0.264 e. The highest BCUT2D eigenvalue weighted by Crippen LogP contribution is 2.42. The van der Waals surface area contributed by atoms with E-state index in [4.69, 9.17) is 4.74 Å². The van der Waals surface area contributed by atoms with Crippen molar-refractivity contribution in [1.82, 2.24) is 20.0 Å². The van der Waals surface area contributed by atoms with Gasteiger partial charge in [-0.15, -0.1) is 0 Å². The largest absolute Gasteiger partial charge is 0.504 e. The lowest BCUT2D eigenvalue weighted by atomic mass is 9.85. The van der Waals surface area contributed by atoms with Gasteiger partial charge in [-0.25, -0.2) is 5.10 Å². The number of carbonyl (C=O) groups is 1. The normalized spacial score (nSPS) is 15.8. The molecule has 3 aromatic rings. The summed E-state index contributed by atoms with van der Waals surface area (Å²) in [7, 11) is 0. The number of hydrogen-bond donors (Lipinski definition) is 3. The van der Waals surface area contributed by atoms with E-state index in [1.165, 1.54) is 16.8 Å². The summed E-state index contributed by atoms with van der Waals surface area (Å²) in [6, 6.07) is 7.98. The van der Waals surface area contributed by atoms with Crippen molar-refractivity contribution < 1.29 is 14.6 Å². The maximum atomic E-state index is 12.4. The Labute approximate surface area is 160 Å². The number of nitrogens with zero attached hydrogens (tertiary/aromatic N) is 3. The summed E-state index contributed by atoms with van der Waals surface area (Å²) >= 11 is 0. The molecule has 144 valence electrons. The van der Waals surface area contributed by atoms with Gasteiger partial charge in [0, 0.05) is 24.0 Å². The zero-order chi connectivity index (χ0) is 19.8. The van der Waals surface area contributed by atoms with Crippen LogP contribution in [-0.4, -0.2) is 37.6 Å². The Morgan fingerprint density at radius 1 is 1.29 bits per heavy atom. The zero-order valence-electron chi connectivity index (χ0n) is 15.4. The highest BCUT2D eigenvalue weighted by Gasteiger charge is 2.33. The lowest BCUT2D eigenvalue weighted by molar-refractivity contribution is -0.116. The average Bonchev–Trinajstić information content (AvgIpc) is 3.00. The summed E-state index contributed by atoms with van der Waals surface area (Å²) in [4.78, 5) is 23.7. The number of phenols is 1. The van der Waals surface area contributed by atoms with Crippen molar-refractivity contribution in [2.45, 2.75) is 26.2 Å². The van der Waals surface area contributed by atoms with E-state index in [1.54, 1.807) is 18.2 Å². The third-order valence-electron chi connectivity index (χ3n) is 4.67. The molecule has 0 spiro atoms. The van der Waals surface area contributed by atoms with Gasteiger partial charge < -0.3 is 15.2 Å². The first-order valence-corrected chi connectivity index (χ1v) is 8.89. The number of aromatic nitrogens is 4. The Hall–Kier alpha value is -3.62. The van der Waals surface area contributed by atoms with Crippen LogP contribution in [0, 0.1) is 6.92 Å². The van der Waals surface area contributed by atoms with Crippen LogP contribution in [0.2, 0.25) is 0 Å². The zero-order valence-corrected chi connectivity index (χ0v) is 15.4. The van der Waals surface area contributed by atoms with Gasteiger partial charge in [0.1, 0.15) is 5.82 Å². The van der Waals surface area contributed by atoms with E-state index in [0.29, 0.717) is 24.0 Å². The molecule has 1 aliphatic rings. The molecule has 4 rings (SSSR count). The van der Waals surface area contributed by atoms with Gasteiger partial charge in [0.15, 0.2) is 17.3 Å². The van der Waals surface area contributed by atoms with Gasteiger partial charge in [0.2, 0.25) is 5.91 Å². The molecule has 1 unspecified atom stereocenters. The standard InChI is InChI=1S/C19H19N5O4/c1-3-28-14-8-11(4-5-13(14)25)12-9-17(27)20-19-18(12)10(2)23-24(19)15-6-7-16(26)22-21-15/h4-8,12,25H,3,9H2,1-2H3,(H,20,27)(H,22,26). The van der Waals surface area contributed by atoms with Crippen LogP contribution in [0.5, 0.6) is 11.5 Å². The quantitative estimate of drug-likeness (QED) is 0.634. The van der Waals surface area contributed by atoms with Crippen molar-refractivity contribution >= 4 is 11.7 Å².